The smallest absolute Gasteiger partial charge is 0.230 e. The minimum Gasteiger partial charge on any atom is -0.497 e. The molecule has 1 N–H and O–H groups in total. The highest BCUT2D eigenvalue weighted by molar-refractivity contribution is 5.91. The summed E-state index contributed by atoms with van der Waals surface area (Å²) in [6, 6.07) is 13.4. The number of rotatable bonds is 6. The van der Waals surface area contributed by atoms with Crippen molar-refractivity contribution in [1.82, 2.24) is 15.0 Å². The van der Waals surface area contributed by atoms with E-state index in [1.807, 2.05) is 12.1 Å². The summed E-state index contributed by atoms with van der Waals surface area (Å²) in [6.45, 7) is 6.23. The molecular weight excluding hydrogens is 435 g/mol. The minimum atomic E-state index is -0.556. The van der Waals surface area contributed by atoms with Gasteiger partial charge in [-0.1, -0.05) is 26.8 Å². The van der Waals surface area contributed by atoms with Crippen molar-refractivity contribution in [2.24, 2.45) is 0 Å². The summed E-state index contributed by atoms with van der Waals surface area (Å²) in [5, 5.41) is 3.37. The zero-order valence-electron chi connectivity index (χ0n) is 19.4. The standard InChI is InChI=1S/C26H25FN4O3/c1-26(2,3)17-9-10-28-23(12-17)31-24(32)11-16-5-6-19(14-21(16)27)34-25-20-13-18(33-4)7-8-22(20)29-15-30-25/h5-10,12-15H,11H2,1-4H3,(H,28,31,32). The molecule has 34 heavy (non-hydrogen) atoms. The zero-order chi connectivity index (χ0) is 24.3. The molecular formula is C26H25FN4O3. The predicted molar refractivity (Wildman–Crippen MR) is 128 cm³/mol. The van der Waals surface area contributed by atoms with Crippen LogP contribution >= 0.6 is 0 Å². The predicted octanol–water partition coefficient (Wildman–Crippen LogP) is 5.44. The number of halogens is 1. The van der Waals surface area contributed by atoms with Crippen molar-refractivity contribution >= 4 is 22.6 Å². The Bertz CT molecular complexity index is 1350. The number of ether oxygens (including phenoxy) is 2. The second-order valence-corrected chi connectivity index (χ2v) is 8.82. The van der Waals surface area contributed by atoms with Gasteiger partial charge in [0.25, 0.3) is 0 Å². The van der Waals surface area contributed by atoms with Gasteiger partial charge in [-0.15, -0.1) is 0 Å². The normalized spacial score (nSPS) is 11.3. The highest BCUT2D eigenvalue weighted by atomic mass is 19.1. The molecule has 0 aliphatic heterocycles. The number of amides is 1. The molecule has 7 nitrogen and oxygen atoms in total. The average molecular weight is 461 g/mol. The summed E-state index contributed by atoms with van der Waals surface area (Å²) in [5.74, 6) is 0.675. The number of nitrogens with zero attached hydrogens (tertiary/aromatic N) is 3. The maximum atomic E-state index is 14.8. The molecule has 4 rings (SSSR count). The molecule has 0 atom stereocenters. The number of hydrogen-bond acceptors (Lipinski definition) is 6. The molecule has 2 aromatic carbocycles. The Morgan fingerprint density at radius 1 is 1.00 bits per heavy atom. The summed E-state index contributed by atoms with van der Waals surface area (Å²) in [5.41, 5.74) is 1.87. The SMILES string of the molecule is COc1ccc2ncnc(Oc3ccc(CC(=O)Nc4cc(C(C)(C)C)ccn4)c(F)c3)c2c1. The van der Waals surface area contributed by atoms with Crippen molar-refractivity contribution in [2.75, 3.05) is 12.4 Å². The van der Waals surface area contributed by atoms with Gasteiger partial charge in [0.1, 0.15) is 29.5 Å². The molecule has 2 heterocycles. The number of carbonyl (C=O) groups excluding carboxylic acids is 1. The van der Waals surface area contributed by atoms with Gasteiger partial charge in [0, 0.05) is 12.3 Å². The second-order valence-electron chi connectivity index (χ2n) is 8.82. The summed E-state index contributed by atoms with van der Waals surface area (Å²) >= 11 is 0. The van der Waals surface area contributed by atoms with Crippen LogP contribution in [0.3, 0.4) is 0 Å². The molecule has 0 aliphatic carbocycles. The lowest BCUT2D eigenvalue weighted by Crippen LogP contribution is -2.17. The van der Waals surface area contributed by atoms with E-state index in [2.05, 4.69) is 41.0 Å². The van der Waals surface area contributed by atoms with Crippen LogP contribution in [0.5, 0.6) is 17.4 Å². The van der Waals surface area contributed by atoms with Crippen molar-refractivity contribution < 1.29 is 18.7 Å². The number of methoxy groups -OCH3 is 1. The van der Waals surface area contributed by atoms with Crippen LogP contribution in [0.4, 0.5) is 10.2 Å². The first-order chi connectivity index (χ1) is 16.2. The maximum absolute atomic E-state index is 14.8. The van der Waals surface area contributed by atoms with E-state index in [0.717, 1.165) is 5.56 Å². The number of benzene rings is 2. The molecule has 0 saturated carbocycles. The average Bonchev–Trinajstić information content (AvgIpc) is 2.80. The van der Waals surface area contributed by atoms with Gasteiger partial charge in [0.15, 0.2) is 0 Å². The Hall–Kier alpha value is -4.07. The van der Waals surface area contributed by atoms with Gasteiger partial charge in [0.2, 0.25) is 11.8 Å². The van der Waals surface area contributed by atoms with E-state index in [1.165, 1.54) is 18.5 Å². The van der Waals surface area contributed by atoms with Gasteiger partial charge in [-0.05, 0) is 52.9 Å². The lowest BCUT2D eigenvalue weighted by Gasteiger charge is -2.19. The van der Waals surface area contributed by atoms with Crippen molar-refractivity contribution in [3.63, 3.8) is 0 Å². The maximum Gasteiger partial charge on any atom is 0.230 e. The van der Waals surface area contributed by atoms with Crippen LogP contribution in [0, 0.1) is 5.82 Å². The first-order valence-corrected chi connectivity index (χ1v) is 10.7. The van der Waals surface area contributed by atoms with E-state index in [0.29, 0.717) is 22.5 Å². The van der Waals surface area contributed by atoms with Gasteiger partial charge in [0.05, 0.1) is 24.4 Å². The fraction of sp³-hybridized carbons (Fsp3) is 0.231. The minimum absolute atomic E-state index is 0.0789. The van der Waals surface area contributed by atoms with Crippen molar-refractivity contribution in [1.29, 1.82) is 0 Å². The Kier molecular flexibility index (Phi) is 6.40. The van der Waals surface area contributed by atoms with Gasteiger partial charge in [-0.2, -0.15) is 0 Å². The Labute approximate surface area is 197 Å². The van der Waals surface area contributed by atoms with Crippen LogP contribution in [0.1, 0.15) is 31.9 Å². The number of carbonyl (C=O) groups is 1. The van der Waals surface area contributed by atoms with E-state index in [9.17, 15) is 9.18 Å². The van der Waals surface area contributed by atoms with Crippen LogP contribution in [-0.2, 0) is 16.6 Å². The fourth-order valence-electron chi connectivity index (χ4n) is 3.39. The Balaban J connectivity index is 1.48. The monoisotopic (exact) mass is 460 g/mol. The molecule has 0 fully saturated rings. The molecule has 0 aliphatic rings. The van der Waals surface area contributed by atoms with Crippen LogP contribution in [-0.4, -0.2) is 28.0 Å². The van der Waals surface area contributed by atoms with Crippen LogP contribution in [0.15, 0.2) is 61.1 Å². The summed E-state index contributed by atoms with van der Waals surface area (Å²) in [4.78, 5) is 25.1. The molecule has 0 unspecified atom stereocenters. The number of nitrogens with one attached hydrogen (secondary N) is 1. The van der Waals surface area contributed by atoms with Crippen LogP contribution in [0.25, 0.3) is 10.9 Å². The Morgan fingerprint density at radius 2 is 1.79 bits per heavy atom. The van der Waals surface area contributed by atoms with Crippen LogP contribution < -0.4 is 14.8 Å². The topological polar surface area (TPSA) is 86.2 Å². The molecule has 0 bridgehead atoms. The number of aromatic nitrogens is 3. The van der Waals surface area contributed by atoms with Gasteiger partial charge < -0.3 is 14.8 Å². The zero-order valence-corrected chi connectivity index (χ0v) is 19.4. The number of hydrogen-bond donors (Lipinski definition) is 1. The van der Waals surface area contributed by atoms with Crippen LogP contribution in [0.2, 0.25) is 0 Å². The molecule has 4 aromatic rings. The molecule has 0 spiro atoms. The highest BCUT2D eigenvalue weighted by Gasteiger charge is 2.16. The quantitative estimate of drug-likeness (QED) is 0.412. The van der Waals surface area contributed by atoms with Gasteiger partial charge in [-0.25, -0.2) is 19.3 Å². The van der Waals surface area contributed by atoms with E-state index in [-0.39, 0.29) is 34.9 Å². The fourth-order valence-corrected chi connectivity index (χ4v) is 3.39. The van der Waals surface area contributed by atoms with E-state index in [1.54, 1.807) is 37.6 Å². The highest BCUT2D eigenvalue weighted by Crippen LogP contribution is 2.30. The van der Waals surface area contributed by atoms with E-state index < -0.39 is 5.82 Å². The van der Waals surface area contributed by atoms with E-state index >= 15 is 0 Å². The third-order valence-corrected chi connectivity index (χ3v) is 5.29. The molecule has 174 valence electrons. The molecule has 8 heteroatoms. The first-order valence-electron chi connectivity index (χ1n) is 10.7. The third kappa shape index (κ3) is 5.28. The third-order valence-electron chi connectivity index (χ3n) is 5.29. The van der Waals surface area contributed by atoms with Gasteiger partial charge >= 0.3 is 0 Å². The largest absolute Gasteiger partial charge is 0.497 e. The lowest BCUT2D eigenvalue weighted by atomic mass is 9.88. The first kappa shape index (κ1) is 23.1. The number of fused-ring (bicyclic) bond motifs is 1. The van der Waals surface area contributed by atoms with Gasteiger partial charge in [-0.3, -0.25) is 4.79 Å². The lowest BCUT2D eigenvalue weighted by molar-refractivity contribution is -0.115. The van der Waals surface area contributed by atoms with E-state index in [4.69, 9.17) is 9.47 Å². The molecule has 1 amide bonds. The summed E-state index contributed by atoms with van der Waals surface area (Å²) < 4.78 is 25.8. The second kappa shape index (κ2) is 9.43. The molecule has 0 saturated heterocycles. The summed E-state index contributed by atoms with van der Waals surface area (Å²) in [6.07, 6.45) is 2.89. The summed E-state index contributed by atoms with van der Waals surface area (Å²) in [7, 11) is 1.56. The molecule has 0 radical (unpaired) electrons. The number of anilines is 1. The van der Waals surface area contributed by atoms with Crippen molar-refractivity contribution in [3.8, 4) is 17.4 Å². The number of pyridine rings is 1. The Morgan fingerprint density at radius 3 is 2.53 bits per heavy atom. The van der Waals surface area contributed by atoms with Crippen molar-refractivity contribution in [3.05, 3.63) is 78.0 Å². The molecule has 2 aromatic heterocycles. The van der Waals surface area contributed by atoms with Crippen molar-refractivity contribution in [2.45, 2.75) is 32.6 Å².